The van der Waals surface area contributed by atoms with E-state index in [0.29, 0.717) is 0 Å². The Morgan fingerprint density at radius 3 is 2.14 bits per heavy atom. The van der Waals surface area contributed by atoms with Crippen molar-refractivity contribution in [3.63, 3.8) is 0 Å². The van der Waals surface area contributed by atoms with Gasteiger partial charge in [-0.15, -0.1) is 11.3 Å². The third-order valence-electron chi connectivity index (χ3n) is 4.80. The zero-order valence-corrected chi connectivity index (χ0v) is 17.0. The third kappa shape index (κ3) is 3.66. The van der Waals surface area contributed by atoms with Crippen LogP contribution in [0.3, 0.4) is 0 Å². The summed E-state index contributed by atoms with van der Waals surface area (Å²) in [5.41, 5.74) is 5.67. The lowest BCUT2D eigenvalue weighted by Crippen LogP contribution is -2.03. The summed E-state index contributed by atoms with van der Waals surface area (Å²) in [4.78, 5) is 4.89. The van der Waals surface area contributed by atoms with Gasteiger partial charge in [0.25, 0.3) is 0 Å². The second kappa shape index (κ2) is 7.90. The first-order valence-corrected chi connectivity index (χ1v) is 9.95. The molecule has 0 aliphatic carbocycles. The van der Waals surface area contributed by atoms with Crippen LogP contribution in [0.4, 0.5) is 0 Å². The highest BCUT2D eigenvalue weighted by molar-refractivity contribution is 7.13. The van der Waals surface area contributed by atoms with Crippen LogP contribution < -0.4 is 9.47 Å². The van der Waals surface area contributed by atoms with Crippen molar-refractivity contribution in [2.75, 3.05) is 14.2 Å². The number of aromatic nitrogens is 2. The molecule has 0 bridgehead atoms. The van der Waals surface area contributed by atoms with Gasteiger partial charge in [-0.2, -0.15) is 0 Å². The molecule has 4 aromatic rings. The summed E-state index contributed by atoms with van der Waals surface area (Å²) in [6, 6.07) is 20.5. The molecule has 0 radical (unpaired) electrons. The molecular formula is C23H22N2O2S. The van der Waals surface area contributed by atoms with Gasteiger partial charge in [-0.1, -0.05) is 12.1 Å². The van der Waals surface area contributed by atoms with Crippen LogP contribution in [0.2, 0.25) is 0 Å². The number of aryl methyl sites for hydroxylation is 1. The van der Waals surface area contributed by atoms with Crippen molar-refractivity contribution in [3.05, 3.63) is 77.3 Å². The van der Waals surface area contributed by atoms with Crippen molar-refractivity contribution in [3.8, 4) is 33.5 Å². The van der Waals surface area contributed by atoms with Crippen LogP contribution in [0, 0.1) is 6.92 Å². The van der Waals surface area contributed by atoms with Gasteiger partial charge < -0.3 is 14.0 Å². The average molecular weight is 391 g/mol. The van der Waals surface area contributed by atoms with E-state index in [2.05, 4.69) is 41.1 Å². The van der Waals surface area contributed by atoms with Crippen LogP contribution in [-0.2, 0) is 6.54 Å². The predicted molar refractivity (Wildman–Crippen MR) is 114 cm³/mol. The van der Waals surface area contributed by atoms with Crippen molar-refractivity contribution in [2.45, 2.75) is 13.5 Å². The summed E-state index contributed by atoms with van der Waals surface area (Å²) in [6.07, 6.45) is 0. The SMILES string of the molecule is COc1ccc(Cn2c(C)ccc2-c2csc(-c3ccc(OC)cc3)n2)cc1. The molecule has 0 spiro atoms. The van der Waals surface area contributed by atoms with E-state index < -0.39 is 0 Å². The molecule has 4 nitrogen and oxygen atoms in total. The zero-order chi connectivity index (χ0) is 19.5. The Hall–Kier alpha value is -3.05. The molecule has 0 N–H and O–H groups in total. The van der Waals surface area contributed by atoms with Crippen LogP contribution in [0.1, 0.15) is 11.3 Å². The Bertz CT molecular complexity index is 1060. The number of ether oxygens (including phenoxy) is 2. The molecule has 0 amide bonds. The largest absolute Gasteiger partial charge is 0.497 e. The normalized spacial score (nSPS) is 10.8. The van der Waals surface area contributed by atoms with Gasteiger partial charge in [0.2, 0.25) is 0 Å². The van der Waals surface area contributed by atoms with Crippen LogP contribution in [0.5, 0.6) is 11.5 Å². The fourth-order valence-electron chi connectivity index (χ4n) is 3.17. The van der Waals surface area contributed by atoms with Gasteiger partial charge in [-0.3, -0.25) is 0 Å². The molecule has 0 saturated heterocycles. The summed E-state index contributed by atoms with van der Waals surface area (Å²) in [5.74, 6) is 1.72. The lowest BCUT2D eigenvalue weighted by Gasteiger charge is -2.11. The van der Waals surface area contributed by atoms with Crippen LogP contribution >= 0.6 is 11.3 Å². The van der Waals surface area contributed by atoms with Crippen molar-refractivity contribution in [2.24, 2.45) is 0 Å². The number of methoxy groups -OCH3 is 2. The smallest absolute Gasteiger partial charge is 0.124 e. The highest BCUT2D eigenvalue weighted by atomic mass is 32.1. The molecule has 4 rings (SSSR count). The average Bonchev–Trinajstić information content (AvgIpc) is 3.36. The number of hydrogen-bond acceptors (Lipinski definition) is 4. The minimum absolute atomic E-state index is 0.799. The Labute approximate surface area is 169 Å². The fourth-order valence-corrected chi connectivity index (χ4v) is 3.99. The number of nitrogens with zero attached hydrogens (tertiary/aromatic N) is 2. The molecule has 0 fully saturated rings. The topological polar surface area (TPSA) is 36.3 Å². The van der Waals surface area contributed by atoms with Gasteiger partial charge >= 0.3 is 0 Å². The quantitative estimate of drug-likeness (QED) is 0.427. The summed E-state index contributed by atoms with van der Waals surface area (Å²) in [7, 11) is 3.36. The lowest BCUT2D eigenvalue weighted by molar-refractivity contribution is 0.414. The minimum Gasteiger partial charge on any atom is -0.497 e. The van der Waals surface area contributed by atoms with Crippen LogP contribution in [0.15, 0.2) is 66.0 Å². The second-order valence-electron chi connectivity index (χ2n) is 6.56. The predicted octanol–water partition coefficient (Wildman–Crippen LogP) is 5.65. The molecule has 5 heteroatoms. The van der Waals surface area contributed by atoms with Crippen LogP contribution in [0.25, 0.3) is 22.0 Å². The highest BCUT2D eigenvalue weighted by Crippen LogP contribution is 2.31. The fraction of sp³-hybridized carbons (Fsp3) is 0.174. The first-order valence-electron chi connectivity index (χ1n) is 9.07. The molecule has 142 valence electrons. The maximum Gasteiger partial charge on any atom is 0.124 e. The third-order valence-corrected chi connectivity index (χ3v) is 5.69. The number of thiazole rings is 1. The Morgan fingerprint density at radius 2 is 1.50 bits per heavy atom. The number of benzene rings is 2. The van der Waals surface area contributed by atoms with Gasteiger partial charge in [0.1, 0.15) is 16.5 Å². The molecule has 0 saturated carbocycles. The van der Waals surface area contributed by atoms with Crippen molar-refractivity contribution >= 4 is 11.3 Å². The van der Waals surface area contributed by atoms with Gasteiger partial charge in [0.15, 0.2) is 0 Å². The summed E-state index contributed by atoms with van der Waals surface area (Å²) in [5, 5.41) is 3.13. The van der Waals surface area contributed by atoms with E-state index in [0.717, 1.165) is 40.0 Å². The highest BCUT2D eigenvalue weighted by Gasteiger charge is 2.13. The van der Waals surface area contributed by atoms with E-state index >= 15 is 0 Å². The first-order chi connectivity index (χ1) is 13.7. The molecule has 2 aromatic carbocycles. The van der Waals surface area contributed by atoms with Crippen LogP contribution in [-0.4, -0.2) is 23.8 Å². The zero-order valence-electron chi connectivity index (χ0n) is 16.2. The molecule has 0 aliphatic heterocycles. The summed E-state index contributed by atoms with van der Waals surface area (Å²) >= 11 is 1.66. The van der Waals surface area contributed by atoms with Gasteiger partial charge in [-0.05, 0) is 61.0 Å². The van der Waals surface area contributed by atoms with E-state index in [9.17, 15) is 0 Å². The number of hydrogen-bond donors (Lipinski definition) is 0. The van der Waals surface area contributed by atoms with Crippen molar-refractivity contribution in [1.29, 1.82) is 0 Å². The Balaban J connectivity index is 1.62. The van der Waals surface area contributed by atoms with E-state index in [-0.39, 0.29) is 0 Å². The molecule has 2 aromatic heterocycles. The summed E-state index contributed by atoms with van der Waals surface area (Å²) < 4.78 is 12.8. The molecule has 0 unspecified atom stereocenters. The monoisotopic (exact) mass is 390 g/mol. The Kier molecular flexibility index (Phi) is 5.17. The number of rotatable bonds is 6. The van der Waals surface area contributed by atoms with E-state index in [4.69, 9.17) is 14.5 Å². The molecule has 0 atom stereocenters. The maximum absolute atomic E-state index is 5.26. The van der Waals surface area contributed by atoms with Crippen molar-refractivity contribution < 1.29 is 9.47 Å². The van der Waals surface area contributed by atoms with E-state index in [1.807, 2.05) is 36.4 Å². The van der Waals surface area contributed by atoms with Gasteiger partial charge in [-0.25, -0.2) is 4.98 Å². The van der Waals surface area contributed by atoms with Gasteiger partial charge in [0.05, 0.1) is 25.6 Å². The van der Waals surface area contributed by atoms with Crippen molar-refractivity contribution in [1.82, 2.24) is 9.55 Å². The first kappa shape index (κ1) is 18.3. The standard InChI is InChI=1S/C23H22N2O2S/c1-16-4-13-22(25(16)14-17-5-9-19(26-2)10-6-17)21-15-28-23(24-21)18-7-11-20(27-3)12-8-18/h4-13,15H,14H2,1-3H3. The lowest BCUT2D eigenvalue weighted by atomic mass is 10.2. The second-order valence-corrected chi connectivity index (χ2v) is 7.42. The Morgan fingerprint density at radius 1 is 0.857 bits per heavy atom. The molecule has 0 aliphatic rings. The maximum atomic E-state index is 5.26. The minimum atomic E-state index is 0.799. The van der Waals surface area contributed by atoms with E-state index in [1.54, 1.807) is 25.6 Å². The molecule has 2 heterocycles. The van der Waals surface area contributed by atoms with Gasteiger partial charge in [0, 0.05) is 23.2 Å². The molecule has 28 heavy (non-hydrogen) atoms. The molecular weight excluding hydrogens is 368 g/mol. The van der Waals surface area contributed by atoms with E-state index in [1.165, 1.54) is 11.3 Å². The summed E-state index contributed by atoms with van der Waals surface area (Å²) in [6.45, 7) is 2.93.